The Morgan fingerprint density at radius 1 is 1.28 bits per heavy atom. The highest BCUT2D eigenvalue weighted by Crippen LogP contribution is 2.30. The summed E-state index contributed by atoms with van der Waals surface area (Å²) in [6.45, 7) is 2.05. The molecule has 0 aliphatic rings. The van der Waals surface area contributed by atoms with E-state index in [1.54, 1.807) is 17.5 Å². The van der Waals surface area contributed by atoms with Crippen LogP contribution in [0.3, 0.4) is 0 Å². The first-order valence-corrected chi connectivity index (χ1v) is 7.07. The van der Waals surface area contributed by atoms with Crippen molar-refractivity contribution in [2.24, 2.45) is 0 Å². The summed E-state index contributed by atoms with van der Waals surface area (Å²) in [5.74, 6) is 0. The lowest BCUT2D eigenvalue weighted by Crippen LogP contribution is -1.92. The number of hydrogen-bond acceptors (Lipinski definition) is 4. The van der Waals surface area contributed by atoms with Crippen molar-refractivity contribution in [3.63, 3.8) is 0 Å². The van der Waals surface area contributed by atoms with E-state index in [0.717, 1.165) is 31.1 Å². The predicted octanol–water partition coefficient (Wildman–Crippen LogP) is 4.51. The molecule has 0 unspecified atom stereocenters. The second kappa shape index (κ2) is 4.66. The summed E-state index contributed by atoms with van der Waals surface area (Å²) >= 11 is 5.10. The number of pyridine rings is 1. The number of benzene rings is 1. The maximum absolute atomic E-state index is 4.55. The van der Waals surface area contributed by atoms with E-state index in [4.69, 9.17) is 0 Å². The van der Waals surface area contributed by atoms with Crippen LogP contribution in [0.2, 0.25) is 0 Å². The smallest absolute Gasteiger partial charge is 0.188 e. The molecule has 0 fully saturated rings. The number of halogens is 1. The fourth-order valence-electron chi connectivity index (χ4n) is 1.66. The fraction of sp³-hybridized carbons (Fsp3) is 0.0769. The molecule has 0 spiro atoms. The fourth-order valence-corrected chi connectivity index (χ4v) is 3.09. The Bertz CT molecular complexity index is 708. The van der Waals surface area contributed by atoms with E-state index in [1.807, 2.05) is 31.3 Å². The van der Waals surface area contributed by atoms with Gasteiger partial charge in [0.1, 0.15) is 0 Å². The molecule has 0 bridgehead atoms. The van der Waals surface area contributed by atoms with Gasteiger partial charge in [-0.3, -0.25) is 4.98 Å². The molecule has 2 heterocycles. The SMILES string of the molecule is Cc1ccncc1Nc1nc2ccc(Br)cc2s1. The topological polar surface area (TPSA) is 37.8 Å². The molecule has 1 aromatic carbocycles. The number of nitrogens with zero attached hydrogens (tertiary/aromatic N) is 2. The van der Waals surface area contributed by atoms with E-state index in [1.165, 1.54) is 0 Å². The quantitative estimate of drug-likeness (QED) is 0.755. The number of thiazole rings is 1. The predicted molar refractivity (Wildman–Crippen MR) is 79.6 cm³/mol. The molecule has 3 aromatic rings. The Morgan fingerprint density at radius 2 is 2.17 bits per heavy atom. The molecule has 3 nitrogen and oxygen atoms in total. The molecule has 5 heteroatoms. The second-order valence-electron chi connectivity index (χ2n) is 3.95. The largest absolute Gasteiger partial charge is 0.330 e. The number of aromatic nitrogens is 2. The van der Waals surface area contributed by atoms with Crippen LogP contribution < -0.4 is 5.32 Å². The van der Waals surface area contributed by atoms with Crippen LogP contribution in [0, 0.1) is 6.92 Å². The summed E-state index contributed by atoms with van der Waals surface area (Å²) in [7, 11) is 0. The third-order valence-electron chi connectivity index (χ3n) is 2.63. The lowest BCUT2D eigenvalue weighted by atomic mass is 10.2. The van der Waals surface area contributed by atoms with Crippen molar-refractivity contribution in [3.05, 3.63) is 46.7 Å². The van der Waals surface area contributed by atoms with E-state index in [-0.39, 0.29) is 0 Å². The molecule has 0 aliphatic heterocycles. The summed E-state index contributed by atoms with van der Waals surface area (Å²) in [4.78, 5) is 8.67. The molecular weight excluding hydrogens is 310 g/mol. The van der Waals surface area contributed by atoms with Gasteiger partial charge in [-0.1, -0.05) is 27.3 Å². The first kappa shape index (κ1) is 11.6. The lowest BCUT2D eigenvalue weighted by Gasteiger charge is -2.04. The highest BCUT2D eigenvalue weighted by molar-refractivity contribution is 9.10. The molecular formula is C13H10BrN3S. The van der Waals surface area contributed by atoms with Gasteiger partial charge in [-0.15, -0.1) is 0 Å². The standard InChI is InChI=1S/C13H10BrN3S/c1-8-4-5-15-7-11(8)17-13-16-10-3-2-9(14)6-12(10)18-13/h2-7H,1H3,(H,16,17). The van der Waals surface area contributed by atoms with E-state index in [9.17, 15) is 0 Å². The Labute approximate surface area is 117 Å². The molecule has 0 radical (unpaired) electrons. The van der Waals surface area contributed by atoms with Crippen LogP contribution in [0.25, 0.3) is 10.2 Å². The number of rotatable bonds is 2. The zero-order valence-corrected chi connectivity index (χ0v) is 12.0. The minimum absolute atomic E-state index is 0.888. The van der Waals surface area contributed by atoms with Gasteiger partial charge in [-0.25, -0.2) is 4.98 Å². The summed E-state index contributed by atoms with van der Waals surface area (Å²) in [5.41, 5.74) is 3.16. The summed E-state index contributed by atoms with van der Waals surface area (Å²) in [5, 5.41) is 4.20. The number of aryl methyl sites for hydroxylation is 1. The van der Waals surface area contributed by atoms with Crippen LogP contribution in [-0.4, -0.2) is 9.97 Å². The molecule has 0 aliphatic carbocycles. The summed E-state index contributed by atoms with van der Waals surface area (Å²) in [6.07, 6.45) is 3.60. The van der Waals surface area contributed by atoms with Crippen LogP contribution in [0.15, 0.2) is 41.1 Å². The highest BCUT2D eigenvalue weighted by Gasteiger charge is 2.05. The van der Waals surface area contributed by atoms with Gasteiger partial charge >= 0.3 is 0 Å². The van der Waals surface area contributed by atoms with Crippen molar-refractivity contribution in [2.45, 2.75) is 6.92 Å². The first-order chi connectivity index (χ1) is 8.72. The highest BCUT2D eigenvalue weighted by atomic mass is 79.9. The van der Waals surface area contributed by atoms with Crippen molar-refractivity contribution >= 4 is 48.3 Å². The normalized spacial score (nSPS) is 10.8. The number of anilines is 2. The molecule has 1 N–H and O–H groups in total. The maximum atomic E-state index is 4.55. The Balaban J connectivity index is 1.98. The van der Waals surface area contributed by atoms with Crippen molar-refractivity contribution in [3.8, 4) is 0 Å². The molecule has 0 amide bonds. The molecule has 0 atom stereocenters. The van der Waals surface area contributed by atoms with Crippen LogP contribution >= 0.6 is 27.3 Å². The second-order valence-corrected chi connectivity index (χ2v) is 5.89. The van der Waals surface area contributed by atoms with E-state index < -0.39 is 0 Å². The van der Waals surface area contributed by atoms with Crippen LogP contribution in [-0.2, 0) is 0 Å². The number of hydrogen-bond donors (Lipinski definition) is 1. The Morgan fingerprint density at radius 3 is 3.00 bits per heavy atom. The average Bonchev–Trinajstić information content (AvgIpc) is 2.73. The number of nitrogens with one attached hydrogen (secondary N) is 1. The summed E-state index contributed by atoms with van der Waals surface area (Å²) in [6, 6.07) is 8.07. The van der Waals surface area contributed by atoms with Gasteiger partial charge in [0, 0.05) is 10.7 Å². The summed E-state index contributed by atoms with van der Waals surface area (Å²) < 4.78 is 2.23. The monoisotopic (exact) mass is 319 g/mol. The minimum atomic E-state index is 0.888. The minimum Gasteiger partial charge on any atom is -0.330 e. The lowest BCUT2D eigenvalue weighted by molar-refractivity contribution is 1.27. The van der Waals surface area contributed by atoms with Crippen molar-refractivity contribution in [2.75, 3.05) is 5.32 Å². The third kappa shape index (κ3) is 2.23. The Hall–Kier alpha value is -1.46. The van der Waals surface area contributed by atoms with Crippen LogP contribution in [0.5, 0.6) is 0 Å². The van der Waals surface area contributed by atoms with Gasteiger partial charge in [-0.2, -0.15) is 0 Å². The van der Waals surface area contributed by atoms with Gasteiger partial charge in [0.05, 0.1) is 22.1 Å². The zero-order chi connectivity index (χ0) is 12.5. The van der Waals surface area contributed by atoms with Gasteiger partial charge in [0.2, 0.25) is 0 Å². The maximum Gasteiger partial charge on any atom is 0.188 e. The zero-order valence-electron chi connectivity index (χ0n) is 9.64. The van der Waals surface area contributed by atoms with Crippen molar-refractivity contribution in [1.82, 2.24) is 9.97 Å². The van der Waals surface area contributed by atoms with Crippen molar-refractivity contribution < 1.29 is 0 Å². The number of fused-ring (bicyclic) bond motifs is 1. The molecule has 0 saturated carbocycles. The van der Waals surface area contributed by atoms with Gasteiger partial charge in [0.15, 0.2) is 5.13 Å². The van der Waals surface area contributed by atoms with Crippen LogP contribution in [0.4, 0.5) is 10.8 Å². The van der Waals surface area contributed by atoms with E-state index >= 15 is 0 Å². The van der Waals surface area contributed by atoms with Gasteiger partial charge < -0.3 is 5.32 Å². The molecule has 3 rings (SSSR count). The Kier molecular flexibility index (Phi) is 3.01. The van der Waals surface area contributed by atoms with Crippen molar-refractivity contribution in [1.29, 1.82) is 0 Å². The third-order valence-corrected chi connectivity index (χ3v) is 4.06. The van der Waals surface area contributed by atoms with Gasteiger partial charge in [0.25, 0.3) is 0 Å². The van der Waals surface area contributed by atoms with E-state index in [0.29, 0.717) is 0 Å². The van der Waals surface area contributed by atoms with Crippen LogP contribution in [0.1, 0.15) is 5.56 Å². The molecule has 90 valence electrons. The van der Waals surface area contributed by atoms with Gasteiger partial charge in [-0.05, 0) is 36.8 Å². The molecule has 2 aromatic heterocycles. The molecule has 0 saturated heterocycles. The molecule has 18 heavy (non-hydrogen) atoms. The average molecular weight is 320 g/mol. The first-order valence-electron chi connectivity index (χ1n) is 5.46. The van der Waals surface area contributed by atoms with E-state index in [2.05, 4.69) is 37.3 Å².